The number of hydrogen-bond acceptors (Lipinski definition) is 7. The van der Waals surface area contributed by atoms with Gasteiger partial charge >= 0.3 is 5.97 Å². The molecule has 8 nitrogen and oxygen atoms in total. The van der Waals surface area contributed by atoms with Gasteiger partial charge in [-0.1, -0.05) is 57.7 Å². The molecule has 0 saturated carbocycles. The number of aromatic nitrogens is 3. The number of carbonyl (C=O) groups excluding carboxylic acids is 2. The van der Waals surface area contributed by atoms with Gasteiger partial charge in [0.1, 0.15) is 28.2 Å². The highest BCUT2D eigenvalue weighted by Crippen LogP contribution is 2.36. The van der Waals surface area contributed by atoms with E-state index in [4.69, 9.17) is 9.47 Å². The van der Waals surface area contributed by atoms with Crippen molar-refractivity contribution in [3.8, 4) is 17.2 Å². The van der Waals surface area contributed by atoms with E-state index in [1.807, 2.05) is 57.2 Å². The van der Waals surface area contributed by atoms with Crippen molar-refractivity contribution < 1.29 is 24.2 Å². The Kier molecular flexibility index (Phi) is 8.44. The number of aromatic hydroxyl groups is 1. The summed E-state index contributed by atoms with van der Waals surface area (Å²) in [4.78, 5) is 25.8. The molecule has 0 aliphatic heterocycles. The Labute approximate surface area is 227 Å². The number of rotatable bonds is 11. The molecule has 0 atom stereocenters. The van der Waals surface area contributed by atoms with Crippen LogP contribution in [0.4, 0.5) is 0 Å². The number of ether oxygens (including phenoxy) is 2. The van der Waals surface area contributed by atoms with E-state index in [2.05, 4.69) is 16.8 Å². The normalized spacial score (nSPS) is 11.4. The van der Waals surface area contributed by atoms with Gasteiger partial charge in [-0.3, -0.25) is 9.59 Å². The number of allylic oxidation sites excluding steroid dienone is 1. The predicted octanol–water partition coefficient (Wildman–Crippen LogP) is 5.74. The Morgan fingerprint density at radius 2 is 1.67 bits per heavy atom. The van der Waals surface area contributed by atoms with Crippen molar-refractivity contribution in [1.29, 1.82) is 0 Å². The molecule has 0 unspecified atom stereocenters. The second kappa shape index (κ2) is 11.9. The Morgan fingerprint density at radius 3 is 2.33 bits per heavy atom. The molecule has 4 rings (SSSR count). The fourth-order valence-corrected chi connectivity index (χ4v) is 4.16. The van der Waals surface area contributed by atoms with Crippen LogP contribution in [0.5, 0.6) is 11.5 Å². The maximum absolute atomic E-state index is 12.5. The minimum absolute atomic E-state index is 0.116. The number of fused-ring (bicyclic) bond motifs is 1. The molecule has 0 saturated heterocycles. The molecule has 1 heterocycles. The van der Waals surface area contributed by atoms with Gasteiger partial charge in [-0.2, -0.15) is 0 Å². The summed E-state index contributed by atoms with van der Waals surface area (Å²) in [6.07, 6.45) is 2.35. The molecule has 8 heteroatoms. The average Bonchev–Trinajstić information content (AvgIpc) is 3.35. The van der Waals surface area contributed by atoms with Crippen LogP contribution in [0.1, 0.15) is 55.1 Å². The van der Waals surface area contributed by atoms with Gasteiger partial charge in [0.15, 0.2) is 5.78 Å². The number of phenols is 1. The molecule has 0 spiro atoms. The summed E-state index contributed by atoms with van der Waals surface area (Å²) in [7, 11) is 0. The topological polar surface area (TPSA) is 104 Å². The molecular weight excluding hydrogens is 494 g/mol. The molecular formula is C31H33N3O5. The van der Waals surface area contributed by atoms with Gasteiger partial charge in [0, 0.05) is 18.4 Å². The molecule has 202 valence electrons. The van der Waals surface area contributed by atoms with Gasteiger partial charge in [-0.05, 0) is 53.8 Å². The first-order valence-corrected chi connectivity index (χ1v) is 12.9. The van der Waals surface area contributed by atoms with Crippen LogP contribution in [0, 0.1) is 0 Å². The van der Waals surface area contributed by atoms with Crippen LogP contribution >= 0.6 is 0 Å². The molecule has 0 aliphatic carbocycles. The molecule has 3 aromatic carbocycles. The lowest BCUT2D eigenvalue weighted by atomic mass is 9.84. The van der Waals surface area contributed by atoms with Crippen molar-refractivity contribution in [2.45, 2.75) is 45.4 Å². The highest BCUT2D eigenvalue weighted by atomic mass is 16.5. The summed E-state index contributed by atoms with van der Waals surface area (Å²) >= 11 is 0. The summed E-state index contributed by atoms with van der Waals surface area (Å²) in [5, 5.41) is 20.1. The number of hydrogen-bond donors (Lipinski definition) is 1. The van der Waals surface area contributed by atoms with Crippen LogP contribution in [-0.4, -0.2) is 45.1 Å². The first-order valence-electron chi connectivity index (χ1n) is 12.9. The monoisotopic (exact) mass is 527 g/mol. The molecule has 0 fully saturated rings. The van der Waals surface area contributed by atoms with Crippen LogP contribution in [0.25, 0.3) is 16.7 Å². The maximum atomic E-state index is 12.5. The van der Waals surface area contributed by atoms with Gasteiger partial charge in [0.05, 0.1) is 18.8 Å². The number of nitrogens with zero attached hydrogens (tertiary/aromatic N) is 3. The second-order valence-electron chi connectivity index (χ2n) is 10.2. The van der Waals surface area contributed by atoms with E-state index in [1.54, 1.807) is 24.3 Å². The van der Waals surface area contributed by atoms with E-state index < -0.39 is 0 Å². The van der Waals surface area contributed by atoms with Gasteiger partial charge in [0.25, 0.3) is 0 Å². The largest absolute Gasteiger partial charge is 0.505 e. The number of esters is 1. The molecule has 1 N–H and O–H groups in total. The van der Waals surface area contributed by atoms with Crippen LogP contribution in [0.3, 0.4) is 0 Å². The van der Waals surface area contributed by atoms with E-state index in [0.717, 1.165) is 22.2 Å². The highest BCUT2D eigenvalue weighted by molar-refractivity contribution is 6.06. The third kappa shape index (κ3) is 6.71. The van der Waals surface area contributed by atoms with E-state index in [9.17, 15) is 14.7 Å². The lowest BCUT2D eigenvalue weighted by Crippen LogP contribution is -2.15. The molecule has 1 aromatic heterocycles. The van der Waals surface area contributed by atoms with Crippen LogP contribution in [-0.2, 0) is 21.4 Å². The quantitative estimate of drug-likeness (QED) is 0.115. The summed E-state index contributed by atoms with van der Waals surface area (Å²) in [6, 6.07) is 18.2. The van der Waals surface area contributed by atoms with Crippen molar-refractivity contribution >= 4 is 22.8 Å². The zero-order valence-electron chi connectivity index (χ0n) is 22.5. The maximum Gasteiger partial charge on any atom is 0.306 e. The SMILES string of the molecule is C=CC(=O)c1ccccc1OCCCOC(=O)CCc1cc(-n2nc3ccccc3n2)c(O)c(C(C)(C)C)c1. The summed E-state index contributed by atoms with van der Waals surface area (Å²) in [5.41, 5.74) is 3.65. The Morgan fingerprint density at radius 1 is 1.00 bits per heavy atom. The van der Waals surface area contributed by atoms with E-state index in [0.29, 0.717) is 36.4 Å². The number of para-hydroxylation sites is 1. The first-order chi connectivity index (χ1) is 18.7. The zero-order valence-corrected chi connectivity index (χ0v) is 22.5. The Bertz CT molecular complexity index is 1470. The van der Waals surface area contributed by atoms with E-state index in [1.165, 1.54) is 10.9 Å². The number of carbonyl (C=O) groups is 2. The molecule has 0 bridgehead atoms. The summed E-state index contributed by atoms with van der Waals surface area (Å²) in [6.45, 7) is 10.1. The average molecular weight is 528 g/mol. The van der Waals surface area contributed by atoms with E-state index >= 15 is 0 Å². The number of benzene rings is 3. The minimum atomic E-state index is -0.336. The first kappa shape index (κ1) is 27.6. The smallest absolute Gasteiger partial charge is 0.306 e. The van der Waals surface area contributed by atoms with Crippen LogP contribution in [0.2, 0.25) is 0 Å². The molecule has 0 aliphatic rings. The fraction of sp³-hybridized carbons (Fsp3) is 0.290. The van der Waals surface area contributed by atoms with Crippen LogP contribution < -0.4 is 4.74 Å². The van der Waals surface area contributed by atoms with Crippen molar-refractivity contribution in [2.75, 3.05) is 13.2 Å². The van der Waals surface area contributed by atoms with Gasteiger partial charge < -0.3 is 14.6 Å². The van der Waals surface area contributed by atoms with Crippen LogP contribution in [0.15, 0.2) is 73.3 Å². The Balaban J connectivity index is 1.36. The van der Waals surface area contributed by atoms with Crippen molar-refractivity contribution in [1.82, 2.24) is 15.0 Å². The standard InChI is InChI=1S/C31H33N3O5/c1-5-27(35)22-11-6-9-14-28(22)38-17-10-18-39-29(36)16-15-21-19-23(31(2,3)4)30(37)26(20-21)34-32-24-12-7-8-13-25(24)33-34/h5-9,11-14,19-20,37H,1,10,15-18H2,2-4H3. The van der Waals surface area contributed by atoms with Gasteiger partial charge in [0.2, 0.25) is 0 Å². The summed E-state index contributed by atoms with van der Waals surface area (Å²) in [5.74, 6) is 0.0596. The Hall–Kier alpha value is -4.46. The molecule has 0 radical (unpaired) electrons. The molecule has 4 aromatic rings. The molecule has 0 amide bonds. The van der Waals surface area contributed by atoms with Gasteiger partial charge in [-0.25, -0.2) is 0 Å². The third-order valence-corrected chi connectivity index (χ3v) is 6.22. The highest BCUT2D eigenvalue weighted by Gasteiger charge is 2.23. The number of phenolic OH excluding ortho intramolecular Hbond substituents is 1. The van der Waals surface area contributed by atoms with Crippen molar-refractivity contribution in [3.05, 3.63) is 90.0 Å². The fourth-order valence-electron chi connectivity index (χ4n) is 4.16. The lowest BCUT2D eigenvalue weighted by molar-refractivity contribution is -0.143. The van der Waals surface area contributed by atoms with E-state index in [-0.39, 0.29) is 35.9 Å². The third-order valence-electron chi connectivity index (χ3n) is 6.22. The van der Waals surface area contributed by atoms with Crippen molar-refractivity contribution in [2.24, 2.45) is 0 Å². The molecule has 39 heavy (non-hydrogen) atoms. The van der Waals surface area contributed by atoms with Gasteiger partial charge in [-0.15, -0.1) is 15.0 Å². The summed E-state index contributed by atoms with van der Waals surface area (Å²) < 4.78 is 11.1. The second-order valence-corrected chi connectivity index (χ2v) is 10.2. The minimum Gasteiger partial charge on any atom is -0.505 e. The lowest BCUT2D eigenvalue weighted by Gasteiger charge is -2.23. The van der Waals surface area contributed by atoms with Crippen molar-refractivity contribution in [3.63, 3.8) is 0 Å². The zero-order chi connectivity index (χ0) is 28.0. The predicted molar refractivity (Wildman–Crippen MR) is 150 cm³/mol. The number of aryl methyl sites for hydroxylation is 1. The number of ketones is 1.